The van der Waals surface area contributed by atoms with Crippen molar-refractivity contribution in [3.63, 3.8) is 0 Å². The first-order valence-electron chi connectivity index (χ1n) is 11.0. The molecule has 0 aliphatic carbocycles. The highest BCUT2D eigenvalue weighted by molar-refractivity contribution is 7.99. The van der Waals surface area contributed by atoms with Gasteiger partial charge in [0.05, 0.1) is 36.1 Å². The summed E-state index contributed by atoms with van der Waals surface area (Å²) in [5.41, 5.74) is 7.30. The molecule has 0 aromatic heterocycles. The van der Waals surface area contributed by atoms with Crippen molar-refractivity contribution in [3.8, 4) is 0 Å². The summed E-state index contributed by atoms with van der Waals surface area (Å²) in [6, 6.07) is 9.02. The topological polar surface area (TPSA) is 61.9 Å². The van der Waals surface area contributed by atoms with Gasteiger partial charge in [-0.15, -0.1) is 0 Å². The monoisotopic (exact) mass is 459 g/mol. The summed E-state index contributed by atoms with van der Waals surface area (Å²) < 4.78 is 29.2. The standard InChI is InChI=1S/C23H29N3O3S2/c1-3-17-13-19(25-4-8-29-9-5-25)15-21-23(17)24-22-16(2)12-18(14-20(22)30-21)26-6-10-31(27,28)11-7-26/h12-15,24H,3-11H2,1-2H3. The molecule has 5 rings (SSSR count). The number of aryl methyl sites for hydroxylation is 2. The normalized spacial score (nSPS) is 20.1. The Morgan fingerprint density at radius 3 is 2.23 bits per heavy atom. The molecule has 2 aromatic carbocycles. The molecule has 3 aliphatic rings. The second kappa shape index (κ2) is 8.22. The van der Waals surface area contributed by atoms with E-state index in [9.17, 15) is 8.42 Å². The minimum atomic E-state index is -2.89. The third-order valence-electron chi connectivity index (χ3n) is 6.39. The fourth-order valence-electron chi connectivity index (χ4n) is 4.54. The summed E-state index contributed by atoms with van der Waals surface area (Å²) in [5, 5.41) is 3.72. The molecular weight excluding hydrogens is 430 g/mol. The molecule has 2 aromatic rings. The van der Waals surface area contributed by atoms with E-state index >= 15 is 0 Å². The molecule has 6 nitrogen and oxygen atoms in total. The minimum Gasteiger partial charge on any atom is -0.378 e. The summed E-state index contributed by atoms with van der Waals surface area (Å²) in [7, 11) is -2.89. The number of hydrogen-bond acceptors (Lipinski definition) is 7. The predicted octanol–water partition coefficient (Wildman–Crippen LogP) is 3.84. The zero-order valence-electron chi connectivity index (χ0n) is 18.1. The smallest absolute Gasteiger partial charge is 0.153 e. The molecule has 0 radical (unpaired) electrons. The number of hydrogen-bond donors (Lipinski definition) is 1. The van der Waals surface area contributed by atoms with Crippen molar-refractivity contribution in [1.82, 2.24) is 0 Å². The Hall–Kier alpha value is -1.90. The second-order valence-electron chi connectivity index (χ2n) is 8.43. The van der Waals surface area contributed by atoms with Crippen molar-refractivity contribution in [3.05, 3.63) is 35.4 Å². The van der Waals surface area contributed by atoms with Gasteiger partial charge in [0.1, 0.15) is 0 Å². The van der Waals surface area contributed by atoms with Crippen LogP contribution in [0.2, 0.25) is 0 Å². The first-order valence-corrected chi connectivity index (χ1v) is 13.6. The lowest BCUT2D eigenvalue weighted by molar-refractivity contribution is 0.122. The van der Waals surface area contributed by atoms with Crippen LogP contribution in [0.15, 0.2) is 34.1 Å². The number of nitrogens with one attached hydrogen (secondary N) is 1. The Morgan fingerprint density at radius 1 is 0.935 bits per heavy atom. The van der Waals surface area contributed by atoms with Crippen LogP contribution < -0.4 is 15.1 Å². The highest BCUT2D eigenvalue weighted by Gasteiger charge is 2.26. The van der Waals surface area contributed by atoms with Crippen LogP contribution in [0.1, 0.15) is 18.1 Å². The van der Waals surface area contributed by atoms with E-state index in [-0.39, 0.29) is 11.5 Å². The summed E-state index contributed by atoms with van der Waals surface area (Å²) >= 11 is 1.82. The Kier molecular flexibility index (Phi) is 5.56. The molecule has 166 valence electrons. The number of rotatable bonds is 3. The molecule has 3 aliphatic heterocycles. The molecule has 1 N–H and O–H groups in total. The van der Waals surface area contributed by atoms with Crippen molar-refractivity contribution in [1.29, 1.82) is 0 Å². The maximum atomic E-state index is 11.8. The maximum Gasteiger partial charge on any atom is 0.153 e. The van der Waals surface area contributed by atoms with Crippen molar-refractivity contribution in [2.45, 2.75) is 30.1 Å². The number of fused-ring (bicyclic) bond motifs is 2. The van der Waals surface area contributed by atoms with Crippen LogP contribution in [-0.4, -0.2) is 59.3 Å². The molecule has 2 saturated heterocycles. The lowest BCUT2D eigenvalue weighted by Crippen LogP contribution is -2.40. The molecular formula is C23H29N3O3S2. The lowest BCUT2D eigenvalue weighted by atomic mass is 10.1. The van der Waals surface area contributed by atoms with Crippen LogP contribution in [0.5, 0.6) is 0 Å². The highest BCUT2D eigenvalue weighted by Crippen LogP contribution is 2.49. The molecule has 2 fully saturated rings. The van der Waals surface area contributed by atoms with Gasteiger partial charge in [-0.25, -0.2) is 8.42 Å². The van der Waals surface area contributed by atoms with E-state index in [0.717, 1.165) is 38.4 Å². The van der Waals surface area contributed by atoms with Gasteiger partial charge in [0, 0.05) is 47.3 Å². The number of nitrogens with zero attached hydrogens (tertiary/aromatic N) is 2. The van der Waals surface area contributed by atoms with Gasteiger partial charge in [0.25, 0.3) is 0 Å². The van der Waals surface area contributed by atoms with Gasteiger partial charge in [-0.1, -0.05) is 18.7 Å². The Labute approximate surface area is 188 Å². The Morgan fingerprint density at radius 2 is 1.55 bits per heavy atom. The molecule has 31 heavy (non-hydrogen) atoms. The minimum absolute atomic E-state index is 0.236. The zero-order valence-corrected chi connectivity index (χ0v) is 19.7. The van der Waals surface area contributed by atoms with Gasteiger partial charge in [0.15, 0.2) is 9.84 Å². The number of sulfone groups is 1. The van der Waals surface area contributed by atoms with Gasteiger partial charge >= 0.3 is 0 Å². The molecule has 0 bridgehead atoms. The van der Waals surface area contributed by atoms with Crippen LogP contribution in [0, 0.1) is 6.92 Å². The zero-order chi connectivity index (χ0) is 21.6. The predicted molar refractivity (Wildman–Crippen MR) is 128 cm³/mol. The fourth-order valence-corrected chi connectivity index (χ4v) is 6.93. The van der Waals surface area contributed by atoms with Crippen LogP contribution in [0.25, 0.3) is 0 Å². The van der Waals surface area contributed by atoms with Crippen LogP contribution in [0.4, 0.5) is 22.7 Å². The largest absolute Gasteiger partial charge is 0.378 e. The van der Waals surface area contributed by atoms with E-state index in [1.54, 1.807) is 0 Å². The van der Waals surface area contributed by atoms with Crippen LogP contribution in [0.3, 0.4) is 0 Å². The van der Waals surface area contributed by atoms with Gasteiger partial charge in [0.2, 0.25) is 0 Å². The van der Waals surface area contributed by atoms with E-state index in [4.69, 9.17) is 4.74 Å². The number of benzene rings is 2. The Balaban J connectivity index is 1.47. The van der Waals surface area contributed by atoms with E-state index in [2.05, 4.69) is 53.2 Å². The van der Waals surface area contributed by atoms with Crippen molar-refractivity contribution >= 4 is 44.3 Å². The molecule has 8 heteroatoms. The summed E-state index contributed by atoms with van der Waals surface area (Å²) in [5.74, 6) is 0.472. The molecule has 0 amide bonds. The average Bonchev–Trinajstić information content (AvgIpc) is 2.77. The molecule has 3 heterocycles. The van der Waals surface area contributed by atoms with E-state index in [0.29, 0.717) is 13.1 Å². The van der Waals surface area contributed by atoms with Crippen molar-refractivity contribution in [2.24, 2.45) is 0 Å². The van der Waals surface area contributed by atoms with E-state index < -0.39 is 9.84 Å². The van der Waals surface area contributed by atoms with Crippen molar-refractivity contribution in [2.75, 3.05) is 66.0 Å². The molecule has 0 unspecified atom stereocenters. The van der Waals surface area contributed by atoms with Gasteiger partial charge in [-0.05, 0) is 48.7 Å². The summed E-state index contributed by atoms with van der Waals surface area (Å²) in [4.78, 5) is 7.07. The highest BCUT2D eigenvalue weighted by atomic mass is 32.2. The lowest BCUT2D eigenvalue weighted by Gasteiger charge is -2.33. The maximum absolute atomic E-state index is 11.8. The number of ether oxygens (including phenoxy) is 1. The summed E-state index contributed by atoms with van der Waals surface area (Å²) in [6.07, 6.45) is 0.975. The molecule has 0 saturated carbocycles. The first kappa shape index (κ1) is 21.0. The number of morpholine rings is 1. The van der Waals surface area contributed by atoms with E-state index in [1.165, 1.54) is 38.0 Å². The SMILES string of the molecule is CCc1cc(N2CCOCC2)cc2c1Nc1c(C)cc(N3CCS(=O)(=O)CC3)cc1S2. The molecule has 0 spiro atoms. The number of anilines is 4. The van der Waals surface area contributed by atoms with Crippen LogP contribution in [-0.2, 0) is 21.0 Å². The van der Waals surface area contributed by atoms with Gasteiger partial charge < -0.3 is 19.9 Å². The van der Waals surface area contributed by atoms with Gasteiger partial charge in [-0.2, -0.15) is 0 Å². The van der Waals surface area contributed by atoms with Crippen LogP contribution >= 0.6 is 11.8 Å². The second-order valence-corrected chi connectivity index (χ2v) is 11.8. The first-order chi connectivity index (χ1) is 14.9. The van der Waals surface area contributed by atoms with Crippen molar-refractivity contribution < 1.29 is 13.2 Å². The van der Waals surface area contributed by atoms with E-state index in [1.807, 2.05) is 11.8 Å². The summed E-state index contributed by atoms with van der Waals surface area (Å²) in [6.45, 7) is 8.89. The fraction of sp³-hybridized carbons (Fsp3) is 0.478. The third-order valence-corrected chi connectivity index (χ3v) is 9.08. The molecule has 0 atom stereocenters. The van der Waals surface area contributed by atoms with Gasteiger partial charge in [-0.3, -0.25) is 0 Å². The average molecular weight is 460 g/mol. The Bertz CT molecular complexity index is 1100. The third kappa shape index (κ3) is 4.13. The quantitative estimate of drug-likeness (QED) is 0.639.